The lowest BCUT2D eigenvalue weighted by molar-refractivity contribution is 0.405. The molecule has 1 rings (SSSR count). The zero-order valence-corrected chi connectivity index (χ0v) is 9.39. The van der Waals surface area contributed by atoms with Crippen LogP contribution in [0.2, 0.25) is 0 Å². The van der Waals surface area contributed by atoms with E-state index in [1.807, 2.05) is 19.2 Å². The van der Waals surface area contributed by atoms with Crippen LogP contribution in [0, 0.1) is 11.2 Å². The molecule has 0 amide bonds. The van der Waals surface area contributed by atoms with Crippen molar-refractivity contribution in [2.45, 2.75) is 13.3 Å². The molecule has 82 valence electrons. The molecule has 0 aliphatic carbocycles. The van der Waals surface area contributed by atoms with Gasteiger partial charge in [0.2, 0.25) is 0 Å². The normalized spacial score (nSPS) is 14.6. The Kier molecular flexibility index (Phi) is 4.04. The van der Waals surface area contributed by atoms with Gasteiger partial charge in [-0.25, -0.2) is 4.39 Å². The molecule has 0 aliphatic heterocycles. The monoisotopic (exact) mass is 207 g/mol. The number of halogens is 1. The lowest BCUT2D eigenvalue weighted by atomic mass is 9.83. The highest BCUT2D eigenvalue weighted by Gasteiger charge is 2.19. The van der Waals surface area contributed by atoms with Crippen LogP contribution in [0.5, 0.6) is 0 Å². The predicted molar refractivity (Wildman–Crippen MR) is 62.3 cm³/mol. The molecule has 0 radical (unpaired) electrons. The number of benzene rings is 1. The minimum Gasteiger partial charge on any atom is -0.319 e. The molecule has 0 heterocycles. The lowest BCUT2D eigenvalue weighted by Crippen LogP contribution is -2.29. The second-order valence-corrected chi connectivity index (χ2v) is 4.20. The van der Waals surface area contributed by atoms with E-state index in [4.69, 9.17) is 0 Å². The summed E-state index contributed by atoms with van der Waals surface area (Å²) in [5, 5.41) is 3.13. The Morgan fingerprint density at radius 2 is 2.27 bits per heavy atom. The second kappa shape index (κ2) is 5.08. The van der Waals surface area contributed by atoms with E-state index in [1.165, 1.54) is 6.07 Å². The summed E-state index contributed by atoms with van der Waals surface area (Å²) in [7, 11) is 1.91. The molecule has 1 nitrogen and oxygen atoms in total. The van der Waals surface area contributed by atoms with Gasteiger partial charge >= 0.3 is 0 Å². The largest absolute Gasteiger partial charge is 0.319 e. The van der Waals surface area contributed by atoms with Gasteiger partial charge < -0.3 is 5.32 Å². The van der Waals surface area contributed by atoms with Crippen LogP contribution in [0.25, 0.3) is 0 Å². The molecule has 0 spiro atoms. The van der Waals surface area contributed by atoms with Gasteiger partial charge in [-0.05, 0) is 31.2 Å². The Morgan fingerprint density at radius 1 is 1.53 bits per heavy atom. The van der Waals surface area contributed by atoms with Crippen molar-refractivity contribution in [2.24, 2.45) is 5.41 Å². The highest BCUT2D eigenvalue weighted by molar-refractivity contribution is 5.19. The van der Waals surface area contributed by atoms with Crippen molar-refractivity contribution in [1.82, 2.24) is 5.32 Å². The number of hydrogen-bond acceptors (Lipinski definition) is 1. The lowest BCUT2D eigenvalue weighted by Gasteiger charge is -2.25. The van der Waals surface area contributed by atoms with Gasteiger partial charge in [-0.3, -0.25) is 0 Å². The van der Waals surface area contributed by atoms with Crippen LogP contribution in [0.1, 0.15) is 12.5 Å². The van der Waals surface area contributed by atoms with Crippen LogP contribution in [0.15, 0.2) is 36.9 Å². The second-order valence-electron chi connectivity index (χ2n) is 4.20. The van der Waals surface area contributed by atoms with E-state index >= 15 is 0 Å². The molecule has 1 atom stereocenters. The minimum absolute atomic E-state index is 0.0253. The summed E-state index contributed by atoms with van der Waals surface area (Å²) in [4.78, 5) is 0. The van der Waals surface area contributed by atoms with Gasteiger partial charge in [0, 0.05) is 12.0 Å². The number of nitrogens with one attached hydrogen (secondary N) is 1. The van der Waals surface area contributed by atoms with E-state index in [1.54, 1.807) is 12.1 Å². The first-order valence-electron chi connectivity index (χ1n) is 5.12. The SMILES string of the molecule is C=CC(C)(CNC)Cc1cccc(F)c1. The van der Waals surface area contributed by atoms with E-state index < -0.39 is 0 Å². The van der Waals surface area contributed by atoms with E-state index in [2.05, 4.69) is 18.8 Å². The molecule has 2 heteroatoms. The molecular formula is C13H18FN. The Morgan fingerprint density at radius 3 is 2.80 bits per heavy atom. The minimum atomic E-state index is -0.177. The molecule has 1 aromatic rings. The van der Waals surface area contributed by atoms with E-state index in [0.29, 0.717) is 0 Å². The number of rotatable bonds is 5. The first-order valence-corrected chi connectivity index (χ1v) is 5.12. The van der Waals surface area contributed by atoms with E-state index in [-0.39, 0.29) is 11.2 Å². The van der Waals surface area contributed by atoms with Crippen molar-refractivity contribution >= 4 is 0 Å². The van der Waals surface area contributed by atoms with Gasteiger partial charge in [0.25, 0.3) is 0 Å². The summed E-state index contributed by atoms with van der Waals surface area (Å²) in [6, 6.07) is 6.73. The standard InChI is InChI=1S/C13H18FN/c1-4-13(2,10-15-3)9-11-6-5-7-12(14)8-11/h4-8,15H,1,9-10H2,2-3H3. The topological polar surface area (TPSA) is 12.0 Å². The maximum absolute atomic E-state index is 13.0. The van der Waals surface area contributed by atoms with Gasteiger partial charge in [0.05, 0.1) is 0 Å². The molecule has 1 aromatic carbocycles. The van der Waals surface area contributed by atoms with Crippen molar-refractivity contribution in [1.29, 1.82) is 0 Å². The Hall–Kier alpha value is -1.15. The highest BCUT2D eigenvalue weighted by atomic mass is 19.1. The molecular weight excluding hydrogens is 189 g/mol. The third-order valence-corrected chi connectivity index (χ3v) is 2.57. The maximum Gasteiger partial charge on any atom is 0.123 e. The summed E-state index contributed by atoms with van der Waals surface area (Å²) in [5.41, 5.74) is 0.982. The molecule has 0 aromatic heterocycles. The molecule has 1 N–H and O–H groups in total. The summed E-state index contributed by atoms with van der Waals surface area (Å²) in [6.45, 7) is 6.79. The van der Waals surface area contributed by atoms with Crippen molar-refractivity contribution in [2.75, 3.05) is 13.6 Å². The van der Waals surface area contributed by atoms with Crippen LogP contribution >= 0.6 is 0 Å². The molecule has 0 fully saturated rings. The summed E-state index contributed by atoms with van der Waals surface area (Å²) in [6.07, 6.45) is 2.73. The first kappa shape index (κ1) is 11.9. The fourth-order valence-electron chi connectivity index (χ4n) is 1.72. The molecule has 0 aliphatic rings. The third-order valence-electron chi connectivity index (χ3n) is 2.57. The third kappa shape index (κ3) is 3.48. The van der Waals surface area contributed by atoms with Crippen LogP contribution in [0.3, 0.4) is 0 Å². The van der Waals surface area contributed by atoms with Gasteiger partial charge in [-0.2, -0.15) is 0 Å². The summed E-state index contributed by atoms with van der Waals surface area (Å²) in [5.74, 6) is -0.177. The van der Waals surface area contributed by atoms with Crippen LogP contribution in [-0.2, 0) is 6.42 Å². The average molecular weight is 207 g/mol. The molecule has 0 saturated carbocycles. The number of hydrogen-bond donors (Lipinski definition) is 1. The van der Waals surface area contributed by atoms with Crippen molar-refractivity contribution in [3.05, 3.63) is 48.3 Å². The Bertz CT molecular complexity index is 335. The van der Waals surface area contributed by atoms with Gasteiger partial charge in [-0.15, -0.1) is 6.58 Å². The molecule has 15 heavy (non-hydrogen) atoms. The molecule has 0 bridgehead atoms. The van der Waals surface area contributed by atoms with Crippen LogP contribution < -0.4 is 5.32 Å². The average Bonchev–Trinajstić information content (AvgIpc) is 2.18. The zero-order chi connectivity index (χ0) is 11.3. The maximum atomic E-state index is 13.0. The summed E-state index contributed by atoms with van der Waals surface area (Å²) >= 11 is 0. The van der Waals surface area contributed by atoms with E-state index in [0.717, 1.165) is 18.5 Å². The van der Waals surface area contributed by atoms with Gasteiger partial charge in [0.15, 0.2) is 0 Å². The van der Waals surface area contributed by atoms with Gasteiger partial charge in [-0.1, -0.05) is 25.1 Å². The Balaban J connectivity index is 2.78. The predicted octanol–water partition coefficient (Wildman–Crippen LogP) is 2.78. The van der Waals surface area contributed by atoms with Crippen molar-refractivity contribution in [3.8, 4) is 0 Å². The quantitative estimate of drug-likeness (QED) is 0.732. The Labute approximate surface area is 91.0 Å². The zero-order valence-electron chi connectivity index (χ0n) is 9.39. The highest BCUT2D eigenvalue weighted by Crippen LogP contribution is 2.23. The fourth-order valence-corrected chi connectivity index (χ4v) is 1.72. The smallest absolute Gasteiger partial charge is 0.123 e. The molecule has 0 saturated heterocycles. The molecule has 1 unspecified atom stereocenters. The van der Waals surface area contributed by atoms with Crippen LogP contribution in [0.4, 0.5) is 4.39 Å². The fraction of sp³-hybridized carbons (Fsp3) is 0.385. The van der Waals surface area contributed by atoms with Gasteiger partial charge in [0.1, 0.15) is 5.82 Å². The first-order chi connectivity index (χ1) is 7.09. The summed E-state index contributed by atoms with van der Waals surface area (Å²) < 4.78 is 13.0. The van der Waals surface area contributed by atoms with Crippen molar-refractivity contribution in [3.63, 3.8) is 0 Å². The van der Waals surface area contributed by atoms with E-state index in [9.17, 15) is 4.39 Å². The van der Waals surface area contributed by atoms with Crippen LogP contribution in [-0.4, -0.2) is 13.6 Å². The van der Waals surface area contributed by atoms with Crippen molar-refractivity contribution < 1.29 is 4.39 Å².